The van der Waals surface area contributed by atoms with Gasteiger partial charge in [0.15, 0.2) is 0 Å². The van der Waals surface area contributed by atoms with Gasteiger partial charge in [-0.15, -0.1) is 0 Å². The van der Waals surface area contributed by atoms with Crippen molar-refractivity contribution in [3.05, 3.63) is 71.5 Å². The number of carbonyl (C=O) groups excluding carboxylic acids is 2. The summed E-state index contributed by atoms with van der Waals surface area (Å²) < 4.78 is 75.5. The zero-order chi connectivity index (χ0) is 35.2. The van der Waals surface area contributed by atoms with E-state index in [1.165, 1.54) is 52.1 Å². The summed E-state index contributed by atoms with van der Waals surface area (Å²) >= 11 is 0. The van der Waals surface area contributed by atoms with Gasteiger partial charge in [-0.2, -0.15) is 0 Å². The van der Waals surface area contributed by atoms with Crippen LogP contribution < -0.4 is 19.2 Å². The fraction of sp³-hybridized carbons (Fsp3) is 0.353. The van der Waals surface area contributed by atoms with E-state index in [-0.39, 0.29) is 46.9 Å². The molecule has 2 bridgehead atoms. The largest absolute Gasteiger partial charge is 0.455 e. The molecule has 0 aliphatic carbocycles. The number of nitrogens with zero attached hydrogens (tertiary/aromatic N) is 2. The van der Waals surface area contributed by atoms with E-state index < -0.39 is 43.2 Å². The molecule has 48 heavy (non-hydrogen) atoms. The Morgan fingerprint density at radius 2 is 1.44 bits per heavy atom. The molecule has 0 fully saturated rings. The van der Waals surface area contributed by atoms with E-state index in [1.807, 2.05) is 20.8 Å². The lowest BCUT2D eigenvalue weighted by molar-refractivity contribution is 0.0918. The highest BCUT2D eigenvalue weighted by molar-refractivity contribution is 7.92. The number of nitrogens with one attached hydrogen (secondary N) is 2. The smallest absolute Gasteiger partial charge is 0.255 e. The first kappa shape index (κ1) is 34.9. The first-order valence-corrected chi connectivity index (χ1v) is 19.1. The first-order valence-electron chi connectivity index (χ1n) is 15.4. The Morgan fingerprint density at radius 3 is 2.02 bits per heavy atom. The third-order valence-electron chi connectivity index (χ3n) is 7.93. The number of hydrogen-bond donors (Lipinski definition) is 2. The number of fused-ring (bicyclic) bond motifs is 5. The van der Waals surface area contributed by atoms with Crippen LogP contribution in [-0.4, -0.2) is 66.8 Å². The lowest BCUT2D eigenvalue weighted by Gasteiger charge is -2.28. The van der Waals surface area contributed by atoms with Gasteiger partial charge in [-0.1, -0.05) is 0 Å². The van der Waals surface area contributed by atoms with Crippen molar-refractivity contribution in [2.45, 2.75) is 45.6 Å². The molecule has 0 unspecified atom stereocenters. The van der Waals surface area contributed by atoms with E-state index in [0.29, 0.717) is 41.3 Å². The zero-order valence-corrected chi connectivity index (χ0v) is 29.3. The van der Waals surface area contributed by atoms with Crippen LogP contribution in [0.3, 0.4) is 0 Å². The van der Waals surface area contributed by atoms with Gasteiger partial charge in [0.25, 0.3) is 11.8 Å². The molecule has 1 aliphatic heterocycles. The summed E-state index contributed by atoms with van der Waals surface area (Å²) in [5.41, 5.74) is 1.43. The van der Waals surface area contributed by atoms with E-state index in [9.17, 15) is 30.8 Å². The number of carbonyl (C=O) groups is 2. The highest BCUT2D eigenvalue weighted by Gasteiger charge is 2.29. The Labute approximate surface area is 280 Å². The number of furan rings is 1. The van der Waals surface area contributed by atoms with Crippen LogP contribution in [0.4, 0.5) is 15.8 Å². The molecule has 0 spiro atoms. The molecule has 14 heteroatoms. The van der Waals surface area contributed by atoms with Gasteiger partial charge in [0.05, 0.1) is 29.4 Å². The van der Waals surface area contributed by atoms with Crippen molar-refractivity contribution in [1.29, 1.82) is 0 Å². The van der Waals surface area contributed by atoms with Gasteiger partial charge in [-0.05, 0) is 94.1 Å². The van der Waals surface area contributed by atoms with E-state index in [1.54, 1.807) is 18.2 Å². The molecule has 0 saturated carbocycles. The summed E-state index contributed by atoms with van der Waals surface area (Å²) in [4.78, 5) is 26.9. The molecule has 5 rings (SSSR count). The SMILES string of the molecule is CNC(=O)c1c(-c2ccc(F)cc2)oc2cc3c(cc12)-c1cc(C(=O)NC(C)(C)C)cc(c1)N(S(C)(=O)=O)CCCCCN3S(C)(=O)=O. The van der Waals surface area contributed by atoms with Crippen LogP contribution in [0.15, 0.2) is 59.0 Å². The van der Waals surface area contributed by atoms with Crippen LogP contribution in [0.25, 0.3) is 33.4 Å². The Balaban J connectivity index is 1.91. The minimum atomic E-state index is -3.87. The summed E-state index contributed by atoms with van der Waals surface area (Å²) in [5.74, 6) is -1.28. The van der Waals surface area contributed by atoms with Crippen LogP contribution in [0.1, 0.15) is 60.7 Å². The molecule has 0 radical (unpaired) electrons. The van der Waals surface area contributed by atoms with Crippen molar-refractivity contribution in [3.8, 4) is 22.5 Å². The molecule has 1 aliphatic rings. The molecule has 3 aromatic carbocycles. The highest BCUT2D eigenvalue weighted by Crippen LogP contribution is 2.43. The summed E-state index contributed by atoms with van der Waals surface area (Å²) in [5, 5.41) is 5.86. The maximum absolute atomic E-state index is 13.8. The van der Waals surface area contributed by atoms with Gasteiger partial charge in [-0.25, -0.2) is 21.2 Å². The molecule has 1 aromatic heterocycles. The van der Waals surface area contributed by atoms with Gasteiger partial charge in [0.2, 0.25) is 20.0 Å². The molecular weight excluding hydrogens is 660 g/mol. The van der Waals surface area contributed by atoms with Crippen molar-refractivity contribution < 1.29 is 35.2 Å². The molecule has 256 valence electrons. The summed E-state index contributed by atoms with van der Waals surface area (Å²) in [6.07, 6.45) is 3.58. The van der Waals surface area contributed by atoms with Crippen LogP contribution in [0.5, 0.6) is 0 Å². The number of sulfonamides is 2. The molecule has 0 atom stereocenters. The molecule has 4 aromatic rings. The quantitative estimate of drug-likeness (QED) is 0.280. The van der Waals surface area contributed by atoms with Crippen molar-refractivity contribution in [3.63, 3.8) is 0 Å². The van der Waals surface area contributed by atoms with Gasteiger partial charge in [-0.3, -0.25) is 18.2 Å². The summed E-state index contributed by atoms with van der Waals surface area (Å²) in [6.45, 7) is 5.66. The summed E-state index contributed by atoms with van der Waals surface area (Å²) in [6, 6.07) is 13.3. The number of benzene rings is 3. The third-order valence-corrected chi connectivity index (χ3v) is 10.3. The number of halogens is 1. The number of amides is 2. The minimum absolute atomic E-state index is 0.0844. The van der Waals surface area contributed by atoms with Crippen molar-refractivity contribution in [1.82, 2.24) is 10.6 Å². The predicted octanol–water partition coefficient (Wildman–Crippen LogP) is 5.51. The molecular formula is C34H39FN4O7S2. The lowest BCUT2D eigenvalue weighted by atomic mass is 9.96. The second-order valence-corrected chi connectivity index (χ2v) is 16.8. The van der Waals surface area contributed by atoms with Gasteiger partial charge < -0.3 is 15.1 Å². The lowest BCUT2D eigenvalue weighted by Crippen LogP contribution is -2.40. The molecule has 11 nitrogen and oxygen atoms in total. The third kappa shape index (κ3) is 7.34. The summed E-state index contributed by atoms with van der Waals surface area (Å²) in [7, 11) is -6.20. The van der Waals surface area contributed by atoms with Gasteiger partial charge >= 0.3 is 0 Å². The monoisotopic (exact) mass is 698 g/mol. The fourth-order valence-electron chi connectivity index (χ4n) is 5.82. The van der Waals surface area contributed by atoms with E-state index in [0.717, 1.165) is 12.5 Å². The van der Waals surface area contributed by atoms with Crippen LogP contribution in [0, 0.1) is 5.82 Å². The Kier molecular flexibility index (Phi) is 9.36. The highest BCUT2D eigenvalue weighted by atomic mass is 32.2. The fourth-order valence-corrected chi connectivity index (χ4v) is 7.74. The van der Waals surface area contributed by atoms with E-state index in [4.69, 9.17) is 4.42 Å². The van der Waals surface area contributed by atoms with E-state index >= 15 is 0 Å². The Bertz CT molecular complexity index is 2120. The second-order valence-electron chi connectivity index (χ2n) is 13.0. The van der Waals surface area contributed by atoms with Crippen molar-refractivity contribution in [2.24, 2.45) is 0 Å². The molecule has 2 heterocycles. The average Bonchev–Trinajstić information content (AvgIpc) is 3.35. The van der Waals surface area contributed by atoms with E-state index in [2.05, 4.69) is 10.6 Å². The molecule has 2 amide bonds. The van der Waals surface area contributed by atoms with Crippen LogP contribution in [-0.2, 0) is 20.0 Å². The first-order chi connectivity index (χ1) is 22.4. The van der Waals surface area contributed by atoms with Gasteiger partial charge in [0, 0.05) is 53.8 Å². The average molecular weight is 699 g/mol. The Hall–Kier alpha value is -4.43. The van der Waals surface area contributed by atoms with Crippen molar-refractivity contribution in [2.75, 3.05) is 41.3 Å². The normalized spacial score (nSPS) is 14.6. The molecule has 2 N–H and O–H groups in total. The van der Waals surface area contributed by atoms with Crippen molar-refractivity contribution >= 4 is 54.2 Å². The zero-order valence-electron chi connectivity index (χ0n) is 27.7. The second kappa shape index (κ2) is 12.9. The predicted molar refractivity (Wildman–Crippen MR) is 186 cm³/mol. The number of rotatable bonds is 5. The van der Waals surface area contributed by atoms with Crippen LogP contribution in [0.2, 0.25) is 0 Å². The number of anilines is 2. The Morgan fingerprint density at radius 1 is 0.812 bits per heavy atom. The maximum atomic E-state index is 13.8. The molecule has 0 saturated heterocycles. The topological polar surface area (TPSA) is 146 Å². The number of hydrogen-bond acceptors (Lipinski definition) is 7. The minimum Gasteiger partial charge on any atom is -0.455 e. The maximum Gasteiger partial charge on any atom is 0.255 e. The van der Waals surface area contributed by atoms with Crippen LogP contribution >= 0.6 is 0 Å². The van der Waals surface area contributed by atoms with Gasteiger partial charge in [0.1, 0.15) is 17.2 Å². The standard InChI is InChI=1S/C34H39FN4O7S2/c1-34(2,3)37-32(40)23-16-22-17-25(18-23)38(47(5,42)43)14-8-7-9-15-39(48(6,44)45)28-20-29-27(19-26(22)28)30(33(41)36-4)31(46-29)21-10-12-24(35)13-11-21/h10-13,16-20H,7-9,14-15H2,1-6H3,(H,36,41)(H,37,40).